The van der Waals surface area contributed by atoms with Crippen LogP contribution in [0.4, 0.5) is 13.2 Å². The van der Waals surface area contributed by atoms with Gasteiger partial charge < -0.3 is 29.5 Å². The van der Waals surface area contributed by atoms with Gasteiger partial charge in [0.1, 0.15) is 24.6 Å². The fourth-order valence-corrected chi connectivity index (χ4v) is 4.75. The predicted molar refractivity (Wildman–Crippen MR) is 124 cm³/mol. The molecule has 1 aromatic carbocycles. The van der Waals surface area contributed by atoms with Gasteiger partial charge in [-0.25, -0.2) is 0 Å². The van der Waals surface area contributed by atoms with Gasteiger partial charge in [0.15, 0.2) is 0 Å². The van der Waals surface area contributed by atoms with E-state index in [-0.39, 0.29) is 42.7 Å². The van der Waals surface area contributed by atoms with E-state index in [9.17, 15) is 33.3 Å². The number of unbranched alkanes of at least 4 members (excludes halogenated alkanes) is 1. The molecule has 0 bridgehead atoms. The highest BCUT2D eigenvalue weighted by Crippen LogP contribution is 2.46. The van der Waals surface area contributed by atoms with Crippen molar-refractivity contribution in [1.29, 1.82) is 0 Å². The second-order valence-corrected chi connectivity index (χ2v) is 9.72. The zero-order chi connectivity index (χ0) is 26.5. The van der Waals surface area contributed by atoms with Crippen molar-refractivity contribution in [2.24, 2.45) is 11.8 Å². The minimum atomic E-state index is -4.49. The van der Waals surface area contributed by atoms with Gasteiger partial charge in [0.2, 0.25) is 0 Å². The summed E-state index contributed by atoms with van der Waals surface area (Å²) in [7, 11) is 0. The van der Waals surface area contributed by atoms with Crippen LogP contribution >= 0.6 is 0 Å². The monoisotopic (exact) mass is 516 g/mol. The topological polar surface area (TPSA) is 109 Å². The smallest absolute Gasteiger partial charge is 0.416 e. The lowest BCUT2D eigenvalue weighted by Gasteiger charge is -2.21. The quantitative estimate of drug-likeness (QED) is 0.168. The molecule has 1 aromatic rings. The van der Waals surface area contributed by atoms with Crippen LogP contribution in [0, 0.1) is 11.8 Å². The molecule has 1 saturated carbocycles. The molecule has 3 rings (SSSR count). The van der Waals surface area contributed by atoms with Crippen LogP contribution in [-0.4, -0.2) is 64.5 Å². The number of aliphatic hydroxyl groups excluding tert-OH is 3. The maximum Gasteiger partial charge on any atom is 0.416 e. The number of ether oxygens (including phenoxy) is 3. The number of aliphatic hydroxyl groups is 3. The van der Waals surface area contributed by atoms with Gasteiger partial charge in [0.25, 0.3) is 0 Å². The molecule has 1 aliphatic carbocycles. The lowest BCUT2D eigenvalue weighted by molar-refractivity contribution is -0.147. The Morgan fingerprint density at radius 3 is 2.67 bits per heavy atom. The van der Waals surface area contributed by atoms with E-state index < -0.39 is 42.3 Å². The highest BCUT2D eigenvalue weighted by atomic mass is 19.4. The second kappa shape index (κ2) is 12.4. The third kappa shape index (κ3) is 7.93. The minimum Gasteiger partial charge on any atom is -0.491 e. The van der Waals surface area contributed by atoms with Gasteiger partial charge in [-0.15, -0.1) is 0 Å². The molecule has 2 aliphatic rings. The van der Waals surface area contributed by atoms with Gasteiger partial charge >= 0.3 is 12.1 Å². The number of hydrogen-bond donors (Lipinski definition) is 3. The summed E-state index contributed by atoms with van der Waals surface area (Å²) in [5, 5.41) is 31.4. The number of carbonyl (C=O) groups is 1. The molecule has 0 radical (unpaired) electrons. The van der Waals surface area contributed by atoms with Crippen molar-refractivity contribution < 1.29 is 47.5 Å². The summed E-state index contributed by atoms with van der Waals surface area (Å²) in [5.41, 5.74) is -0.843. The van der Waals surface area contributed by atoms with Gasteiger partial charge in [-0.2, -0.15) is 13.2 Å². The highest BCUT2D eigenvalue weighted by molar-refractivity contribution is 5.69. The normalized spacial score (nSPS) is 29.0. The Labute approximate surface area is 208 Å². The minimum absolute atomic E-state index is 0.0159. The van der Waals surface area contributed by atoms with Gasteiger partial charge in [-0.1, -0.05) is 18.2 Å². The SMILES string of the molecule is CC(C)OC(=O)CCC/C=C\C[C@@H]1[C@@H]([C@H]2OC2[C@H](O)COc2cccc(C(F)(F)F)c2)[C@H](O)C[C@@H]1O. The van der Waals surface area contributed by atoms with E-state index >= 15 is 0 Å². The van der Waals surface area contributed by atoms with Crippen molar-refractivity contribution >= 4 is 5.97 Å². The van der Waals surface area contributed by atoms with Gasteiger partial charge in [-0.3, -0.25) is 4.79 Å². The number of benzene rings is 1. The molecule has 1 aliphatic heterocycles. The Hall–Kier alpha value is -2.14. The first kappa shape index (κ1) is 28.4. The number of esters is 1. The summed E-state index contributed by atoms with van der Waals surface area (Å²) < 4.78 is 54.7. The third-order valence-corrected chi connectivity index (χ3v) is 6.51. The molecule has 1 saturated heterocycles. The summed E-state index contributed by atoms with van der Waals surface area (Å²) in [6.07, 6.45) is -2.18. The van der Waals surface area contributed by atoms with Crippen LogP contribution in [0.3, 0.4) is 0 Å². The fraction of sp³-hybridized carbons (Fsp3) is 0.654. The summed E-state index contributed by atoms with van der Waals surface area (Å²) in [6.45, 7) is 3.33. The molecule has 0 spiro atoms. The van der Waals surface area contributed by atoms with Crippen molar-refractivity contribution in [3.63, 3.8) is 0 Å². The number of allylic oxidation sites excluding steroid dienone is 2. The largest absolute Gasteiger partial charge is 0.491 e. The zero-order valence-electron chi connectivity index (χ0n) is 20.4. The van der Waals surface area contributed by atoms with Crippen LogP contribution in [0.15, 0.2) is 36.4 Å². The van der Waals surface area contributed by atoms with Crippen molar-refractivity contribution in [3.8, 4) is 5.75 Å². The van der Waals surface area contributed by atoms with Crippen LogP contribution in [0.5, 0.6) is 5.75 Å². The van der Waals surface area contributed by atoms with E-state index in [1.165, 1.54) is 12.1 Å². The van der Waals surface area contributed by atoms with E-state index in [0.29, 0.717) is 25.7 Å². The zero-order valence-corrected chi connectivity index (χ0v) is 20.4. The van der Waals surface area contributed by atoms with Crippen molar-refractivity contribution in [1.82, 2.24) is 0 Å². The molecule has 36 heavy (non-hydrogen) atoms. The summed E-state index contributed by atoms with van der Waals surface area (Å²) in [6, 6.07) is 4.41. The van der Waals surface area contributed by atoms with Crippen LogP contribution in [0.1, 0.15) is 51.5 Å². The number of rotatable bonds is 12. The molecule has 7 atom stereocenters. The molecule has 1 unspecified atom stereocenters. The third-order valence-electron chi connectivity index (χ3n) is 6.51. The maximum absolute atomic E-state index is 12.9. The predicted octanol–water partition coefficient (Wildman–Crippen LogP) is 3.64. The lowest BCUT2D eigenvalue weighted by Crippen LogP contribution is -2.32. The van der Waals surface area contributed by atoms with Gasteiger partial charge in [0.05, 0.1) is 30.0 Å². The summed E-state index contributed by atoms with van der Waals surface area (Å²) in [5.74, 6) is -0.911. The molecule has 0 amide bonds. The number of carbonyl (C=O) groups excluding carboxylic acids is 1. The fourth-order valence-electron chi connectivity index (χ4n) is 4.75. The Kier molecular flexibility index (Phi) is 9.79. The van der Waals surface area contributed by atoms with E-state index in [1.54, 1.807) is 13.8 Å². The average molecular weight is 517 g/mol. The van der Waals surface area contributed by atoms with E-state index in [1.807, 2.05) is 12.2 Å². The standard InChI is InChI=1S/C26H35F3O7/c1-15(2)35-22(33)11-6-4-3-5-10-18-19(30)13-20(31)23(18)25-24(36-25)21(32)14-34-17-9-7-8-16(12-17)26(27,28)29/h3,5,7-9,12,15,18-21,23-25,30-32H,4,6,10-11,13-14H2,1-2H3/b5-3-/t18-,19-,20+,21+,23+,24?,25+/m0/s1. The molecule has 1 heterocycles. The summed E-state index contributed by atoms with van der Waals surface area (Å²) in [4.78, 5) is 11.6. The Morgan fingerprint density at radius 1 is 1.22 bits per heavy atom. The van der Waals surface area contributed by atoms with Gasteiger partial charge in [0, 0.05) is 12.3 Å². The number of halogens is 3. The van der Waals surface area contributed by atoms with Gasteiger partial charge in [-0.05, 0) is 63.6 Å². The molecule has 202 valence electrons. The van der Waals surface area contributed by atoms with Crippen molar-refractivity contribution in [3.05, 3.63) is 42.0 Å². The Balaban J connectivity index is 1.46. The lowest BCUT2D eigenvalue weighted by atomic mass is 9.86. The van der Waals surface area contributed by atoms with E-state index in [4.69, 9.17) is 14.2 Å². The number of hydrogen-bond acceptors (Lipinski definition) is 7. The van der Waals surface area contributed by atoms with E-state index in [0.717, 1.165) is 12.1 Å². The average Bonchev–Trinajstić information content (AvgIpc) is 3.52. The first-order valence-corrected chi connectivity index (χ1v) is 12.3. The maximum atomic E-state index is 12.9. The van der Waals surface area contributed by atoms with Crippen molar-refractivity contribution in [2.45, 2.75) is 88.8 Å². The number of epoxide rings is 1. The molecule has 10 heteroatoms. The molecular formula is C26H35F3O7. The highest BCUT2D eigenvalue weighted by Gasteiger charge is 2.57. The number of alkyl halides is 3. The Bertz CT molecular complexity index is 889. The molecule has 7 nitrogen and oxygen atoms in total. The van der Waals surface area contributed by atoms with Crippen LogP contribution in [-0.2, 0) is 20.4 Å². The second-order valence-electron chi connectivity index (χ2n) is 9.72. The molecule has 3 N–H and O–H groups in total. The Morgan fingerprint density at radius 2 is 1.97 bits per heavy atom. The first-order chi connectivity index (χ1) is 17.0. The molecular weight excluding hydrogens is 481 g/mol. The summed E-state index contributed by atoms with van der Waals surface area (Å²) >= 11 is 0. The van der Waals surface area contributed by atoms with Crippen LogP contribution in [0.2, 0.25) is 0 Å². The van der Waals surface area contributed by atoms with E-state index in [2.05, 4.69) is 0 Å². The first-order valence-electron chi connectivity index (χ1n) is 12.3. The molecule has 2 fully saturated rings. The van der Waals surface area contributed by atoms with Crippen molar-refractivity contribution in [2.75, 3.05) is 6.61 Å². The van der Waals surface area contributed by atoms with Crippen LogP contribution in [0.25, 0.3) is 0 Å². The molecule has 0 aromatic heterocycles. The van der Waals surface area contributed by atoms with Crippen LogP contribution < -0.4 is 4.74 Å².